The number of nitrogens with one attached hydrogen (secondary N) is 7. The quantitative estimate of drug-likeness (QED) is 0.110. The predicted octanol–water partition coefficient (Wildman–Crippen LogP) is 0.322. The fourth-order valence-electron chi connectivity index (χ4n) is 6.91. The second kappa shape index (κ2) is 25.4. The molecule has 0 aromatic heterocycles. The number of rotatable bonds is 15. The summed E-state index contributed by atoms with van der Waals surface area (Å²) in [5, 5.41) is 39.1. The molecule has 0 bridgehead atoms. The van der Waals surface area contributed by atoms with Gasteiger partial charge in [0.05, 0.1) is 12.7 Å². The fourth-order valence-corrected chi connectivity index (χ4v) is 6.91. The average Bonchev–Trinajstić information content (AvgIpc) is 3.24. The van der Waals surface area contributed by atoms with Crippen molar-refractivity contribution < 1.29 is 53.3 Å². The minimum Gasteiger partial charge on any atom is -0.458 e. The third-order valence-corrected chi connectivity index (χ3v) is 10.8. The molecule has 0 spiro atoms. The van der Waals surface area contributed by atoms with Gasteiger partial charge in [-0.25, -0.2) is 4.79 Å². The summed E-state index contributed by atoms with van der Waals surface area (Å²) in [6.45, 7) is 12.2. The van der Waals surface area contributed by atoms with E-state index in [1.165, 1.54) is 13.8 Å². The molecule has 1 saturated heterocycles. The summed E-state index contributed by atoms with van der Waals surface area (Å²) >= 11 is 0. The highest BCUT2D eigenvalue weighted by atomic mass is 16.5. The number of aliphatic hydroxyl groups is 2. The van der Waals surface area contributed by atoms with Crippen LogP contribution in [0.3, 0.4) is 0 Å². The molecule has 0 saturated carbocycles. The first kappa shape index (κ1) is 52.5. The van der Waals surface area contributed by atoms with Gasteiger partial charge in [0.1, 0.15) is 42.4 Å². The van der Waals surface area contributed by atoms with Crippen molar-refractivity contribution in [2.24, 2.45) is 17.8 Å². The van der Waals surface area contributed by atoms with Crippen molar-refractivity contribution in [3.63, 3.8) is 0 Å². The highest BCUT2D eigenvalue weighted by Crippen LogP contribution is 2.14. The Kier molecular flexibility index (Phi) is 20.8. The minimum atomic E-state index is -1.79. The maximum Gasteiger partial charge on any atom is 0.331 e. The summed E-state index contributed by atoms with van der Waals surface area (Å²) in [4.78, 5) is 111. The monoisotopic (exact) mass is 893 g/mol. The van der Waals surface area contributed by atoms with Gasteiger partial charge >= 0.3 is 5.97 Å². The molecule has 10 atom stereocenters. The zero-order valence-corrected chi connectivity index (χ0v) is 38.0. The van der Waals surface area contributed by atoms with E-state index in [1.54, 1.807) is 95.3 Å². The number of aliphatic hydroxyl groups excluding tert-OH is 2. The average molecular weight is 894 g/mol. The smallest absolute Gasteiger partial charge is 0.331 e. The van der Waals surface area contributed by atoms with Crippen molar-refractivity contribution >= 4 is 47.3 Å². The summed E-state index contributed by atoms with van der Waals surface area (Å²) in [6, 6.07) is 7.26. The van der Waals surface area contributed by atoms with Crippen LogP contribution in [0.1, 0.15) is 85.8 Å². The van der Waals surface area contributed by atoms with Crippen molar-refractivity contribution in [3.05, 3.63) is 71.8 Å². The number of amides is 7. The summed E-state index contributed by atoms with van der Waals surface area (Å²) in [5.41, 5.74) is 1.34. The molecule has 18 nitrogen and oxygen atoms in total. The fraction of sp³-hybridized carbons (Fsp3) is 0.565. The number of ether oxygens (including phenoxy) is 1. The van der Waals surface area contributed by atoms with Crippen LogP contribution in [-0.2, 0) is 55.9 Å². The van der Waals surface area contributed by atoms with E-state index in [0.717, 1.165) is 0 Å². The lowest BCUT2D eigenvalue weighted by Crippen LogP contribution is -2.62. The van der Waals surface area contributed by atoms with Gasteiger partial charge < -0.3 is 52.2 Å². The van der Waals surface area contributed by atoms with E-state index in [0.29, 0.717) is 17.5 Å². The van der Waals surface area contributed by atoms with Crippen LogP contribution < -0.4 is 37.2 Å². The molecular formula is C46H67N7O11. The zero-order valence-electron chi connectivity index (χ0n) is 38.0. The standard InChI is InChI=1S/C46H67N7O11/c1-9-27(6)39(56)47-35(23-31-18-14-11-15-19-31)43(60)53-38-29(8)64-46(63)36(24-54)51-44(61)37(28(7)55)52-42(59)33(21-26(4)5)48-41(58)34(22-30-16-12-10-13-17-30)49-40(57)32(20-25(2)3)50-45(38)62/h10-19,25-29,32-38,54-55H,9,20-24H2,1-8H3,(H,47,56)(H,48,58)(H,49,57)(H,50,62)(H,51,61)(H,52,59)(H,53,60)/t27?,28-,29+,32-,33-,34-,35-,36+,37-,38-/m1/s1. The van der Waals surface area contributed by atoms with Crippen LogP contribution in [0.5, 0.6) is 0 Å². The molecule has 1 fully saturated rings. The Labute approximate surface area is 375 Å². The summed E-state index contributed by atoms with van der Waals surface area (Å²) < 4.78 is 5.62. The van der Waals surface area contributed by atoms with Gasteiger partial charge in [0.25, 0.3) is 0 Å². The predicted molar refractivity (Wildman–Crippen MR) is 236 cm³/mol. The molecule has 0 radical (unpaired) electrons. The molecule has 2 aromatic carbocycles. The number of hydrogen-bond donors (Lipinski definition) is 9. The van der Waals surface area contributed by atoms with Crippen molar-refractivity contribution in [2.45, 2.75) is 142 Å². The van der Waals surface area contributed by atoms with Gasteiger partial charge in [0.15, 0.2) is 6.04 Å². The lowest BCUT2D eigenvalue weighted by Gasteiger charge is -2.30. The topological polar surface area (TPSA) is 270 Å². The molecule has 1 heterocycles. The lowest BCUT2D eigenvalue weighted by molar-refractivity contribution is -0.157. The van der Waals surface area contributed by atoms with E-state index >= 15 is 0 Å². The number of carbonyl (C=O) groups excluding carboxylic acids is 8. The Balaban J connectivity index is 2.17. The van der Waals surface area contributed by atoms with Gasteiger partial charge in [0, 0.05) is 18.8 Å². The minimum absolute atomic E-state index is 0.0121. The van der Waals surface area contributed by atoms with Crippen LogP contribution in [0, 0.1) is 17.8 Å². The third kappa shape index (κ3) is 16.3. The van der Waals surface area contributed by atoms with Gasteiger partial charge in [-0.05, 0) is 56.1 Å². The number of carbonyl (C=O) groups is 8. The normalized spacial score (nSPS) is 24.5. The number of benzene rings is 2. The first-order valence-electron chi connectivity index (χ1n) is 21.9. The van der Waals surface area contributed by atoms with Crippen molar-refractivity contribution in [3.8, 4) is 0 Å². The van der Waals surface area contributed by atoms with E-state index in [9.17, 15) is 48.6 Å². The van der Waals surface area contributed by atoms with Crippen LogP contribution in [-0.4, -0.2) is 119 Å². The first-order valence-corrected chi connectivity index (χ1v) is 21.9. The van der Waals surface area contributed by atoms with Crippen LogP contribution >= 0.6 is 0 Å². The Morgan fingerprint density at radius 1 is 0.656 bits per heavy atom. The molecule has 352 valence electrons. The largest absolute Gasteiger partial charge is 0.458 e. The van der Waals surface area contributed by atoms with Gasteiger partial charge in [-0.3, -0.25) is 33.6 Å². The van der Waals surface area contributed by atoms with Gasteiger partial charge in [-0.2, -0.15) is 0 Å². The van der Waals surface area contributed by atoms with E-state index in [-0.39, 0.29) is 37.5 Å². The zero-order chi connectivity index (χ0) is 47.7. The van der Waals surface area contributed by atoms with Gasteiger partial charge in [-0.1, -0.05) is 102 Å². The molecular weight excluding hydrogens is 827 g/mol. The summed E-state index contributed by atoms with van der Waals surface area (Å²) in [6.07, 6.45) is -2.51. The van der Waals surface area contributed by atoms with E-state index in [2.05, 4.69) is 37.2 Å². The Hall–Kier alpha value is -5.88. The highest BCUT2D eigenvalue weighted by molar-refractivity contribution is 5.98. The molecule has 64 heavy (non-hydrogen) atoms. The summed E-state index contributed by atoms with van der Waals surface area (Å²) in [7, 11) is 0. The van der Waals surface area contributed by atoms with Crippen molar-refractivity contribution in [2.75, 3.05) is 6.61 Å². The Morgan fingerprint density at radius 2 is 1.14 bits per heavy atom. The number of cyclic esters (lactones) is 1. The van der Waals surface area contributed by atoms with E-state index in [1.807, 2.05) is 6.92 Å². The molecule has 2 aromatic rings. The molecule has 18 heteroatoms. The molecule has 3 rings (SSSR count). The molecule has 1 unspecified atom stereocenters. The first-order chi connectivity index (χ1) is 30.2. The van der Waals surface area contributed by atoms with Crippen LogP contribution in [0.4, 0.5) is 0 Å². The maximum atomic E-state index is 14.5. The highest BCUT2D eigenvalue weighted by Gasteiger charge is 2.39. The van der Waals surface area contributed by atoms with Crippen molar-refractivity contribution in [1.29, 1.82) is 0 Å². The second-order valence-corrected chi connectivity index (χ2v) is 17.3. The van der Waals surface area contributed by atoms with Crippen molar-refractivity contribution in [1.82, 2.24) is 37.2 Å². The Bertz CT molecular complexity index is 1900. The van der Waals surface area contributed by atoms with Gasteiger partial charge in [0.2, 0.25) is 41.4 Å². The number of hydrogen-bond acceptors (Lipinski definition) is 11. The van der Waals surface area contributed by atoms with Gasteiger partial charge in [-0.15, -0.1) is 0 Å². The molecule has 1 aliphatic heterocycles. The Morgan fingerprint density at radius 3 is 1.66 bits per heavy atom. The van der Waals surface area contributed by atoms with Crippen LogP contribution in [0.15, 0.2) is 60.7 Å². The lowest BCUT2D eigenvalue weighted by atomic mass is 9.99. The SMILES string of the molecule is CCC(C)C(=O)N[C@H](Cc1ccccc1)C(=O)N[C@H]1C(=O)N[C@H](CC(C)C)C(=O)N[C@H](Cc2ccccc2)C(=O)N[C@H](CC(C)C)C(=O)N[C@H]([C@@H](C)O)C(=O)N[C@@H](CO)C(=O)O[C@H]1C. The van der Waals surface area contributed by atoms with E-state index in [4.69, 9.17) is 4.74 Å². The molecule has 1 aliphatic rings. The summed E-state index contributed by atoms with van der Waals surface area (Å²) in [5.74, 6) is -7.79. The number of esters is 1. The molecule has 0 aliphatic carbocycles. The second-order valence-electron chi connectivity index (χ2n) is 17.3. The maximum absolute atomic E-state index is 14.5. The molecule has 7 amide bonds. The third-order valence-electron chi connectivity index (χ3n) is 10.8. The molecule has 9 N–H and O–H groups in total. The van der Waals surface area contributed by atoms with E-state index < -0.39 is 114 Å². The van der Waals surface area contributed by atoms with Crippen LogP contribution in [0.25, 0.3) is 0 Å². The van der Waals surface area contributed by atoms with Crippen LogP contribution in [0.2, 0.25) is 0 Å².